The van der Waals surface area contributed by atoms with Gasteiger partial charge in [-0.15, -0.1) is 0 Å². The van der Waals surface area contributed by atoms with Crippen LogP contribution >= 0.6 is 0 Å². The van der Waals surface area contributed by atoms with E-state index in [1.807, 2.05) is 0 Å². The number of carbonyl (C=O) groups is 1. The first-order valence-corrected chi connectivity index (χ1v) is 10.7. The monoisotopic (exact) mass is 286 g/mol. The molecule has 0 amide bonds. The van der Waals surface area contributed by atoms with E-state index in [0.717, 1.165) is 19.3 Å². The molecule has 0 aromatic heterocycles. The van der Waals surface area contributed by atoms with Crippen molar-refractivity contribution in [2.24, 2.45) is 5.92 Å². The zero-order valence-electron chi connectivity index (χ0n) is 13.9. The first-order chi connectivity index (χ1) is 8.74. The molecule has 0 bridgehead atoms. The summed E-state index contributed by atoms with van der Waals surface area (Å²) >= 11 is 0. The molecule has 0 N–H and O–H groups in total. The number of rotatable bonds is 10. The minimum Gasteiger partial charge on any atom is -0.417 e. The Morgan fingerprint density at radius 3 is 2.26 bits per heavy atom. The maximum Gasteiger partial charge on any atom is 0.191 e. The minimum absolute atomic E-state index is 0.251. The van der Waals surface area contributed by atoms with E-state index in [2.05, 4.69) is 40.8 Å². The topological polar surface area (TPSA) is 26.3 Å². The summed E-state index contributed by atoms with van der Waals surface area (Å²) in [4.78, 5) is 10.8. The van der Waals surface area contributed by atoms with Crippen molar-refractivity contribution in [1.82, 2.24) is 0 Å². The van der Waals surface area contributed by atoms with Crippen LogP contribution in [-0.2, 0) is 9.22 Å². The molecule has 1 unspecified atom stereocenters. The van der Waals surface area contributed by atoms with Gasteiger partial charge in [-0.1, -0.05) is 53.4 Å². The fraction of sp³-hybridized carbons (Fsp3) is 0.938. The third-order valence-corrected chi connectivity index (χ3v) is 8.88. The Balaban J connectivity index is 4.16. The molecule has 19 heavy (non-hydrogen) atoms. The van der Waals surface area contributed by atoms with Crippen LogP contribution in [0, 0.1) is 5.92 Å². The molecule has 0 saturated carbocycles. The van der Waals surface area contributed by atoms with Crippen LogP contribution in [-0.4, -0.2) is 21.2 Å². The van der Waals surface area contributed by atoms with Crippen LogP contribution in [0.4, 0.5) is 0 Å². The molecule has 0 aromatic rings. The predicted molar refractivity (Wildman–Crippen MR) is 86.1 cm³/mol. The third kappa shape index (κ3) is 7.88. The molecular weight excluding hydrogens is 252 g/mol. The van der Waals surface area contributed by atoms with Gasteiger partial charge in [-0.25, -0.2) is 0 Å². The summed E-state index contributed by atoms with van der Waals surface area (Å²) in [7, 11) is -1.67. The summed E-state index contributed by atoms with van der Waals surface area (Å²) in [5, 5.41) is 0.251. The third-order valence-electron chi connectivity index (χ3n) is 4.38. The normalized spacial score (nSPS) is 14.4. The molecule has 0 aliphatic carbocycles. The summed E-state index contributed by atoms with van der Waals surface area (Å²) in [6.07, 6.45) is 7.92. The molecule has 0 saturated heterocycles. The van der Waals surface area contributed by atoms with Crippen molar-refractivity contribution in [3.63, 3.8) is 0 Å². The smallest absolute Gasteiger partial charge is 0.191 e. The average Bonchev–Trinajstić information content (AvgIpc) is 2.30. The van der Waals surface area contributed by atoms with Gasteiger partial charge in [0.15, 0.2) is 8.32 Å². The van der Waals surface area contributed by atoms with Crippen LogP contribution in [0.5, 0.6) is 0 Å². The van der Waals surface area contributed by atoms with Crippen LogP contribution in [0.15, 0.2) is 0 Å². The largest absolute Gasteiger partial charge is 0.417 e. The van der Waals surface area contributed by atoms with Gasteiger partial charge in [0, 0.05) is 13.0 Å². The molecule has 3 heteroatoms. The van der Waals surface area contributed by atoms with Crippen molar-refractivity contribution in [2.75, 3.05) is 6.61 Å². The Morgan fingerprint density at radius 2 is 1.79 bits per heavy atom. The Hall–Kier alpha value is -0.153. The zero-order valence-corrected chi connectivity index (χ0v) is 14.9. The van der Waals surface area contributed by atoms with Gasteiger partial charge in [0.2, 0.25) is 0 Å². The Morgan fingerprint density at radius 1 is 1.16 bits per heavy atom. The summed E-state index contributed by atoms with van der Waals surface area (Å²) in [5.74, 6) is 0.420. The Bertz CT molecular complexity index is 244. The van der Waals surface area contributed by atoms with Crippen LogP contribution in [0.1, 0.15) is 66.2 Å². The lowest BCUT2D eigenvalue weighted by Crippen LogP contribution is -2.42. The fourth-order valence-electron chi connectivity index (χ4n) is 1.81. The average molecular weight is 287 g/mol. The maximum atomic E-state index is 10.8. The molecule has 0 aliphatic heterocycles. The number of aldehydes is 1. The van der Waals surface area contributed by atoms with Gasteiger partial charge < -0.3 is 9.22 Å². The van der Waals surface area contributed by atoms with Crippen LogP contribution in [0.25, 0.3) is 0 Å². The summed E-state index contributed by atoms with van der Waals surface area (Å²) in [6.45, 7) is 14.3. The van der Waals surface area contributed by atoms with Gasteiger partial charge in [0.25, 0.3) is 0 Å². The summed E-state index contributed by atoms with van der Waals surface area (Å²) < 4.78 is 6.25. The number of hydrogen-bond donors (Lipinski definition) is 0. The van der Waals surface area contributed by atoms with Gasteiger partial charge in [0.1, 0.15) is 6.29 Å². The lowest BCUT2D eigenvalue weighted by Gasteiger charge is -2.37. The number of hydrogen-bond acceptors (Lipinski definition) is 2. The molecule has 0 fully saturated rings. The Labute approximate surface area is 121 Å². The van der Waals surface area contributed by atoms with Crippen LogP contribution in [0.3, 0.4) is 0 Å². The van der Waals surface area contributed by atoms with Gasteiger partial charge in [-0.2, -0.15) is 0 Å². The fourth-order valence-corrected chi connectivity index (χ4v) is 2.89. The van der Waals surface area contributed by atoms with E-state index in [1.54, 1.807) is 0 Å². The van der Waals surface area contributed by atoms with Crippen molar-refractivity contribution >= 4 is 14.6 Å². The number of carbonyl (C=O) groups excluding carboxylic acids is 1. The maximum absolute atomic E-state index is 10.8. The highest BCUT2D eigenvalue weighted by Crippen LogP contribution is 2.37. The second kappa shape index (κ2) is 8.91. The second-order valence-corrected chi connectivity index (χ2v) is 12.0. The molecule has 0 spiro atoms. The first-order valence-electron chi connectivity index (χ1n) is 7.82. The van der Waals surface area contributed by atoms with E-state index >= 15 is 0 Å². The van der Waals surface area contributed by atoms with Crippen molar-refractivity contribution < 1.29 is 9.22 Å². The number of unbranched alkanes of at least 4 members (excludes halogenated alkanes) is 3. The van der Waals surface area contributed by atoms with Crippen molar-refractivity contribution in [3.8, 4) is 0 Å². The highest BCUT2D eigenvalue weighted by molar-refractivity contribution is 6.74. The van der Waals surface area contributed by atoms with E-state index in [0.29, 0.717) is 12.3 Å². The molecule has 114 valence electrons. The molecule has 0 aliphatic rings. The van der Waals surface area contributed by atoms with Crippen LogP contribution < -0.4 is 0 Å². The van der Waals surface area contributed by atoms with Gasteiger partial charge >= 0.3 is 0 Å². The summed E-state index contributed by atoms with van der Waals surface area (Å²) in [6, 6.07) is 0. The molecule has 0 rings (SSSR count). The molecule has 1 atom stereocenters. The van der Waals surface area contributed by atoms with E-state index in [4.69, 9.17) is 4.43 Å². The summed E-state index contributed by atoms with van der Waals surface area (Å²) in [5.41, 5.74) is 0. The van der Waals surface area contributed by atoms with E-state index in [9.17, 15) is 4.79 Å². The van der Waals surface area contributed by atoms with E-state index in [1.165, 1.54) is 25.7 Å². The first kappa shape index (κ1) is 18.8. The quantitative estimate of drug-likeness (QED) is 0.314. The van der Waals surface area contributed by atoms with Gasteiger partial charge in [-0.05, 0) is 30.5 Å². The van der Waals surface area contributed by atoms with Gasteiger partial charge in [0.05, 0.1) is 0 Å². The highest BCUT2D eigenvalue weighted by atomic mass is 28.4. The molecule has 2 nitrogen and oxygen atoms in total. The molecular formula is C16H34O2Si. The SMILES string of the molecule is CCCCCCC(CC=O)CO[Si](C)(C)C(C)(C)C. The molecule has 0 radical (unpaired) electrons. The minimum atomic E-state index is -1.67. The van der Waals surface area contributed by atoms with E-state index in [-0.39, 0.29) is 5.04 Å². The molecule has 0 aromatic carbocycles. The van der Waals surface area contributed by atoms with Crippen LogP contribution in [0.2, 0.25) is 18.1 Å². The zero-order chi connectivity index (χ0) is 14.9. The van der Waals surface area contributed by atoms with Crippen molar-refractivity contribution in [1.29, 1.82) is 0 Å². The molecule has 0 heterocycles. The Kier molecular flexibility index (Phi) is 8.84. The van der Waals surface area contributed by atoms with Crippen molar-refractivity contribution in [3.05, 3.63) is 0 Å². The highest BCUT2D eigenvalue weighted by Gasteiger charge is 2.37. The van der Waals surface area contributed by atoms with Gasteiger partial charge in [-0.3, -0.25) is 0 Å². The van der Waals surface area contributed by atoms with E-state index < -0.39 is 8.32 Å². The lowest BCUT2D eigenvalue weighted by molar-refractivity contribution is -0.108. The van der Waals surface area contributed by atoms with Crippen molar-refractivity contribution in [2.45, 2.75) is 84.4 Å². The standard InChI is InChI=1S/C16H34O2Si/c1-7-8-9-10-11-15(12-13-17)14-18-19(5,6)16(2,3)4/h13,15H,7-12,14H2,1-6H3. The second-order valence-electron chi connectivity index (χ2n) is 7.19. The predicted octanol–water partition coefficient (Wildman–Crippen LogP) is 5.18. The lowest BCUT2D eigenvalue weighted by atomic mass is 9.99.